The number of hydrogen-bond donors (Lipinski definition) is 0. The smallest absolute Gasteiger partial charge is 0.165 e. The normalized spacial score (nSPS) is 11.0. The Bertz CT molecular complexity index is 2870. The third-order valence-electron chi connectivity index (χ3n) is 11.0. The van der Waals surface area contributed by atoms with E-state index in [0.29, 0.717) is 17.5 Å². The van der Waals surface area contributed by atoms with Gasteiger partial charge in [-0.15, -0.1) is 0 Å². The summed E-state index contributed by atoms with van der Waals surface area (Å²) in [6.45, 7) is 0. The third kappa shape index (κ3) is 7.10. The minimum atomic E-state index is 0.598. The summed E-state index contributed by atoms with van der Waals surface area (Å²) in [6.07, 6.45) is 0. The van der Waals surface area contributed by atoms with E-state index < -0.39 is 0 Å². The first kappa shape index (κ1) is 36.3. The third-order valence-corrected chi connectivity index (χ3v) is 11.0. The summed E-state index contributed by atoms with van der Waals surface area (Å²) in [5.41, 5.74) is 15.9. The summed E-state index contributed by atoms with van der Waals surface area (Å²) in [5, 5.41) is 0. The van der Waals surface area contributed by atoms with E-state index in [0.717, 1.165) is 83.5 Å². The average Bonchev–Trinajstić information content (AvgIpc) is 3.34. The molecule has 0 aliphatic heterocycles. The average molecular weight is 766 g/mol. The second-order valence-corrected chi connectivity index (χ2v) is 14.7. The summed E-state index contributed by atoms with van der Waals surface area (Å²) in [6, 6.07) is 82.9. The maximum absolute atomic E-state index is 5.63. The van der Waals surface area contributed by atoms with Crippen molar-refractivity contribution in [1.29, 1.82) is 0 Å². The lowest BCUT2D eigenvalue weighted by Gasteiger charge is -2.20. The quantitative estimate of drug-likeness (QED) is 0.147. The highest BCUT2D eigenvalue weighted by atomic mass is 15.0. The minimum absolute atomic E-state index is 0.598. The summed E-state index contributed by atoms with van der Waals surface area (Å²) in [7, 11) is 0. The first-order chi connectivity index (χ1) is 29.8. The Hall–Kier alpha value is -8.01. The molecule has 0 amide bonds. The second kappa shape index (κ2) is 16.5. The predicted molar refractivity (Wildman–Crippen MR) is 249 cm³/mol. The molecule has 1 heterocycles. The van der Waals surface area contributed by atoms with E-state index in [1.807, 2.05) is 18.2 Å². The highest BCUT2D eigenvalue weighted by molar-refractivity contribution is 5.99. The summed E-state index contributed by atoms with van der Waals surface area (Å²) in [5.74, 6) is 1.80. The first-order valence-corrected chi connectivity index (χ1v) is 20.3. The summed E-state index contributed by atoms with van der Waals surface area (Å²) < 4.78 is 0. The number of aromatic nitrogens is 3. The monoisotopic (exact) mass is 765 g/mol. The zero-order valence-corrected chi connectivity index (χ0v) is 32.9. The van der Waals surface area contributed by atoms with Gasteiger partial charge in [0, 0.05) is 16.7 Å². The highest BCUT2D eigenvalue weighted by Gasteiger charge is 2.24. The second-order valence-electron chi connectivity index (χ2n) is 14.7. The van der Waals surface area contributed by atoms with Gasteiger partial charge >= 0.3 is 0 Å². The molecule has 0 atom stereocenters. The molecule has 0 saturated carbocycles. The molecule has 0 saturated heterocycles. The first-order valence-electron chi connectivity index (χ1n) is 20.3. The molecule has 0 aliphatic rings. The van der Waals surface area contributed by atoms with E-state index in [9.17, 15) is 0 Å². The highest BCUT2D eigenvalue weighted by Crippen LogP contribution is 2.46. The van der Waals surface area contributed by atoms with Crippen molar-refractivity contribution < 1.29 is 0 Å². The van der Waals surface area contributed by atoms with Crippen molar-refractivity contribution in [3.05, 3.63) is 237 Å². The lowest BCUT2D eigenvalue weighted by Crippen LogP contribution is -2.04. The van der Waals surface area contributed by atoms with Crippen molar-refractivity contribution in [2.24, 2.45) is 0 Å². The van der Waals surface area contributed by atoms with Crippen molar-refractivity contribution >= 4 is 0 Å². The van der Waals surface area contributed by atoms with Crippen LogP contribution in [0, 0.1) is 0 Å². The lowest BCUT2D eigenvalue weighted by molar-refractivity contribution is 1.08. The van der Waals surface area contributed by atoms with Gasteiger partial charge in [-0.05, 0) is 66.8 Å². The van der Waals surface area contributed by atoms with Crippen LogP contribution in [-0.4, -0.2) is 15.0 Å². The van der Waals surface area contributed by atoms with Crippen LogP contribution in [0.5, 0.6) is 0 Å². The molecule has 9 aromatic carbocycles. The van der Waals surface area contributed by atoms with Gasteiger partial charge in [-0.1, -0.05) is 237 Å². The zero-order chi connectivity index (χ0) is 40.1. The number of benzene rings is 9. The lowest BCUT2D eigenvalue weighted by atomic mass is 9.87. The van der Waals surface area contributed by atoms with Crippen LogP contribution in [0.15, 0.2) is 237 Å². The SMILES string of the molecule is c1ccc(-c2nc(-c3c(-c4ccccc4)cccc3-c3ccccc3-c3ccccc3)nc(-c3c(-c4ccccc4)cccc3-c3ccccc3-c3ccccc3)n2)cc1. The molecule has 1 aromatic heterocycles. The molecule has 0 unspecified atom stereocenters. The number of hydrogen-bond acceptors (Lipinski definition) is 3. The summed E-state index contributed by atoms with van der Waals surface area (Å²) >= 11 is 0. The van der Waals surface area contributed by atoms with Gasteiger partial charge in [0.2, 0.25) is 0 Å². The molecule has 10 aromatic rings. The fraction of sp³-hybridized carbons (Fsp3) is 0. The van der Waals surface area contributed by atoms with Gasteiger partial charge in [0.05, 0.1) is 0 Å². The van der Waals surface area contributed by atoms with E-state index in [4.69, 9.17) is 15.0 Å². The van der Waals surface area contributed by atoms with Crippen LogP contribution in [0.25, 0.3) is 101 Å². The number of nitrogens with zero attached hydrogens (tertiary/aromatic N) is 3. The fourth-order valence-corrected chi connectivity index (χ4v) is 8.24. The maximum atomic E-state index is 5.63. The molecular weight excluding hydrogens is 727 g/mol. The Morgan fingerprint density at radius 3 is 0.783 bits per heavy atom. The van der Waals surface area contributed by atoms with Crippen LogP contribution in [0.3, 0.4) is 0 Å². The molecule has 3 nitrogen and oxygen atoms in total. The van der Waals surface area contributed by atoms with Gasteiger partial charge in [-0.25, -0.2) is 15.0 Å². The van der Waals surface area contributed by atoms with Gasteiger partial charge in [-0.3, -0.25) is 0 Å². The van der Waals surface area contributed by atoms with Gasteiger partial charge < -0.3 is 0 Å². The molecular formula is C57H39N3. The van der Waals surface area contributed by atoms with Crippen LogP contribution in [0.1, 0.15) is 0 Å². The van der Waals surface area contributed by atoms with E-state index in [2.05, 4.69) is 218 Å². The van der Waals surface area contributed by atoms with E-state index in [-0.39, 0.29) is 0 Å². The Kier molecular flexibility index (Phi) is 9.97. The van der Waals surface area contributed by atoms with Crippen molar-refractivity contribution in [1.82, 2.24) is 15.0 Å². The minimum Gasteiger partial charge on any atom is -0.208 e. The van der Waals surface area contributed by atoms with E-state index in [1.165, 1.54) is 0 Å². The van der Waals surface area contributed by atoms with Gasteiger partial charge in [-0.2, -0.15) is 0 Å². The Balaban J connectivity index is 1.31. The Labute approximate surface area is 351 Å². The molecule has 0 radical (unpaired) electrons. The molecule has 10 rings (SSSR count). The van der Waals surface area contributed by atoms with E-state index in [1.54, 1.807) is 0 Å². The van der Waals surface area contributed by atoms with Crippen LogP contribution in [0.2, 0.25) is 0 Å². The molecule has 3 heteroatoms. The van der Waals surface area contributed by atoms with Gasteiger partial charge in [0.25, 0.3) is 0 Å². The van der Waals surface area contributed by atoms with Gasteiger partial charge in [0.1, 0.15) is 0 Å². The van der Waals surface area contributed by atoms with Gasteiger partial charge in [0.15, 0.2) is 17.5 Å². The molecule has 0 N–H and O–H groups in total. The standard InChI is InChI=1S/C57H39N3/c1-6-22-40(23-7-1)45-32-16-18-34-49(45)51-38-20-36-47(42-26-10-3-11-27-42)53(51)56-58-55(44-30-14-5-15-31-44)59-57(60-56)54-48(43-28-12-4-13-29-43)37-21-39-52(54)50-35-19-17-33-46(50)41-24-8-2-9-25-41/h1-39H. The maximum Gasteiger partial charge on any atom is 0.165 e. The van der Waals surface area contributed by atoms with Crippen molar-refractivity contribution in [3.63, 3.8) is 0 Å². The van der Waals surface area contributed by atoms with Crippen LogP contribution < -0.4 is 0 Å². The zero-order valence-electron chi connectivity index (χ0n) is 32.9. The van der Waals surface area contributed by atoms with Crippen molar-refractivity contribution in [2.45, 2.75) is 0 Å². The van der Waals surface area contributed by atoms with Crippen molar-refractivity contribution in [3.8, 4) is 101 Å². The largest absolute Gasteiger partial charge is 0.208 e. The Morgan fingerprint density at radius 1 is 0.167 bits per heavy atom. The fourth-order valence-electron chi connectivity index (χ4n) is 8.24. The number of rotatable bonds is 9. The van der Waals surface area contributed by atoms with Crippen LogP contribution in [0.4, 0.5) is 0 Å². The molecule has 60 heavy (non-hydrogen) atoms. The summed E-state index contributed by atoms with van der Waals surface area (Å²) in [4.78, 5) is 16.5. The topological polar surface area (TPSA) is 38.7 Å². The molecule has 0 aliphatic carbocycles. The molecule has 0 fully saturated rings. The molecule has 282 valence electrons. The van der Waals surface area contributed by atoms with Crippen molar-refractivity contribution in [2.75, 3.05) is 0 Å². The predicted octanol–water partition coefficient (Wildman–Crippen LogP) is 14.9. The Morgan fingerprint density at radius 2 is 0.417 bits per heavy atom. The molecule has 0 bridgehead atoms. The molecule has 0 spiro atoms. The van der Waals surface area contributed by atoms with Crippen LogP contribution >= 0.6 is 0 Å². The van der Waals surface area contributed by atoms with Crippen LogP contribution in [-0.2, 0) is 0 Å². The van der Waals surface area contributed by atoms with E-state index >= 15 is 0 Å².